The Morgan fingerprint density at radius 1 is 0.316 bits per heavy atom. The van der Waals surface area contributed by atoms with Crippen LogP contribution in [0.2, 0.25) is 0 Å². The third-order valence-corrected chi connectivity index (χ3v) is 14.7. The summed E-state index contributed by atoms with van der Waals surface area (Å²) in [6.07, 6.45) is 93.1. The maximum atomic E-state index is 12.4. The van der Waals surface area contributed by atoms with E-state index in [4.69, 9.17) is 9.47 Å². The molecular weight excluding hydrogens is 933 g/mol. The summed E-state index contributed by atoms with van der Waals surface area (Å²) in [5, 5.41) is 9.69. The molecule has 0 rings (SSSR count). The summed E-state index contributed by atoms with van der Waals surface area (Å²) in [6.45, 7) is 4.05. The smallest absolute Gasteiger partial charge is 0.306 e. The first-order chi connectivity index (χ1) is 37.6. The van der Waals surface area contributed by atoms with Crippen LogP contribution in [0.1, 0.15) is 335 Å². The van der Waals surface area contributed by atoms with Gasteiger partial charge in [-0.1, -0.05) is 317 Å². The molecule has 76 heavy (non-hydrogen) atoms. The minimum atomic E-state index is -0.775. The lowest BCUT2D eigenvalue weighted by Gasteiger charge is -2.15. The van der Waals surface area contributed by atoms with Crippen LogP contribution in [0.5, 0.6) is 0 Å². The van der Waals surface area contributed by atoms with Crippen LogP contribution in [0, 0.1) is 0 Å². The number of hydrogen-bond acceptors (Lipinski definition) is 5. The van der Waals surface area contributed by atoms with Crippen LogP contribution in [0.25, 0.3) is 0 Å². The van der Waals surface area contributed by atoms with Crippen LogP contribution in [0.3, 0.4) is 0 Å². The molecule has 0 amide bonds. The van der Waals surface area contributed by atoms with Gasteiger partial charge in [0.25, 0.3) is 0 Å². The van der Waals surface area contributed by atoms with Gasteiger partial charge in [0.2, 0.25) is 0 Å². The molecule has 1 N–H and O–H groups in total. The van der Waals surface area contributed by atoms with Crippen molar-refractivity contribution in [1.29, 1.82) is 0 Å². The summed E-state index contributed by atoms with van der Waals surface area (Å²) in [7, 11) is 0. The molecular formula is C71H126O5. The largest absolute Gasteiger partial charge is 0.462 e. The number of ether oxygens (including phenoxy) is 2. The van der Waals surface area contributed by atoms with E-state index < -0.39 is 6.10 Å². The quantitative estimate of drug-likeness (QED) is 0.0373. The second kappa shape index (κ2) is 66.4. The third kappa shape index (κ3) is 63.6. The Kier molecular flexibility index (Phi) is 63.8. The lowest BCUT2D eigenvalue weighted by atomic mass is 10.0. The minimum Gasteiger partial charge on any atom is -0.462 e. The predicted octanol–water partition coefficient (Wildman–Crippen LogP) is 22.9. The van der Waals surface area contributed by atoms with E-state index in [0.29, 0.717) is 12.8 Å². The van der Waals surface area contributed by atoms with Gasteiger partial charge >= 0.3 is 11.9 Å². The van der Waals surface area contributed by atoms with Gasteiger partial charge in [-0.25, -0.2) is 0 Å². The molecule has 0 aliphatic heterocycles. The van der Waals surface area contributed by atoms with E-state index in [1.165, 1.54) is 231 Å². The second-order valence-electron chi connectivity index (χ2n) is 22.2. The maximum absolute atomic E-state index is 12.4. The Bertz CT molecular complexity index is 1380. The number of rotatable bonds is 61. The van der Waals surface area contributed by atoms with Crippen LogP contribution in [0.15, 0.2) is 85.1 Å². The number of unbranched alkanes of at least 4 members (excludes halogenated alkanes) is 39. The molecule has 5 heteroatoms. The average molecular weight is 1060 g/mol. The Morgan fingerprint density at radius 3 is 0.855 bits per heavy atom. The molecule has 5 nitrogen and oxygen atoms in total. The predicted molar refractivity (Wildman–Crippen MR) is 334 cm³/mol. The number of aliphatic hydroxyl groups is 1. The molecule has 0 saturated carbocycles. The zero-order valence-corrected chi connectivity index (χ0v) is 50.5. The van der Waals surface area contributed by atoms with Crippen LogP contribution in [0.4, 0.5) is 0 Å². The normalized spacial score (nSPS) is 12.7. The van der Waals surface area contributed by atoms with Crippen molar-refractivity contribution in [1.82, 2.24) is 0 Å². The lowest BCUT2D eigenvalue weighted by molar-refractivity contribution is -0.161. The summed E-state index contributed by atoms with van der Waals surface area (Å²) in [5.74, 6) is -0.577. The molecule has 0 aliphatic rings. The number of esters is 2. The fourth-order valence-electron chi connectivity index (χ4n) is 9.73. The average Bonchev–Trinajstić information content (AvgIpc) is 3.42. The van der Waals surface area contributed by atoms with Crippen LogP contribution in [-0.4, -0.2) is 36.4 Å². The monoisotopic (exact) mass is 1060 g/mol. The molecule has 1 unspecified atom stereocenters. The van der Waals surface area contributed by atoms with E-state index in [9.17, 15) is 14.7 Å². The molecule has 0 aromatic carbocycles. The van der Waals surface area contributed by atoms with Crippen molar-refractivity contribution in [3.63, 3.8) is 0 Å². The van der Waals surface area contributed by atoms with E-state index in [1.54, 1.807) is 0 Å². The highest BCUT2D eigenvalue weighted by Gasteiger charge is 2.16. The molecule has 0 aromatic rings. The van der Waals surface area contributed by atoms with Gasteiger partial charge in [0.1, 0.15) is 6.61 Å². The number of carbonyl (C=O) groups excluding carboxylic acids is 2. The molecule has 0 aliphatic carbocycles. The van der Waals surface area contributed by atoms with Gasteiger partial charge in [-0.2, -0.15) is 0 Å². The molecule has 0 heterocycles. The van der Waals surface area contributed by atoms with Gasteiger partial charge in [-0.05, 0) is 89.9 Å². The molecule has 0 spiro atoms. The standard InChI is InChI=1S/C71H126O5/c1-3-5-7-9-11-13-15-17-19-21-23-25-27-29-31-33-35-37-39-41-43-45-47-49-51-53-55-57-59-61-63-65-70(73)75-68-69(67-72)76-71(74)66-64-62-60-58-56-54-52-50-48-46-44-42-40-38-36-34-32-30-28-26-24-22-20-18-16-14-12-10-8-6-4-2/h6,8,12,14-15,17-18,20-21,23-24,26-27,29,69,72H,3-5,7,9-11,13,16,19,22,25,28,30-68H2,1-2H3/b8-6-,14-12-,17-15-,20-18-,23-21-,26-24-,29-27-. The summed E-state index contributed by atoms with van der Waals surface area (Å²) in [6, 6.07) is 0. The SMILES string of the molecule is CC/C=C\C/C=C\C/C=C\C/C=C\CCCCCCCCCCCCCCCCCCCCC(=O)OC(CO)COC(=O)CCCCCCCCCCCCCCCCCC/C=C\C/C=C\C/C=C\CCCCCCC. The first-order valence-electron chi connectivity index (χ1n) is 33.1. The minimum absolute atomic E-state index is 0.0646. The summed E-state index contributed by atoms with van der Waals surface area (Å²) >= 11 is 0. The third-order valence-electron chi connectivity index (χ3n) is 14.7. The molecule has 0 bridgehead atoms. The van der Waals surface area contributed by atoms with Gasteiger partial charge in [0.15, 0.2) is 6.10 Å². The van der Waals surface area contributed by atoms with Gasteiger partial charge in [0.05, 0.1) is 6.61 Å². The van der Waals surface area contributed by atoms with Crippen molar-refractivity contribution in [2.75, 3.05) is 13.2 Å². The lowest BCUT2D eigenvalue weighted by Crippen LogP contribution is -2.28. The number of allylic oxidation sites excluding steroid dienone is 14. The molecule has 0 fully saturated rings. The van der Waals surface area contributed by atoms with Crippen LogP contribution < -0.4 is 0 Å². The van der Waals surface area contributed by atoms with Crippen molar-refractivity contribution >= 4 is 11.9 Å². The number of hydrogen-bond donors (Lipinski definition) is 1. The summed E-state index contributed by atoms with van der Waals surface area (Å²) in [5.41, 5.74) is 0. The van der Waals surface area contributed by atoms with Gasteiger partial charge < -0.3 is 14.6 Å². The highest BCUT2D eigenvalue weighted by Crippen LogP contribution is 2.18. The first kappa shape index (κ1) is 73.1. The zero-order valence-electron chi connectivity index (χ0n) is 50.5. The topological polar surface area (TPSA) is 72.8 Å². The Balaban J connectivity index is 3.44. The molecule has 440 valence electrons. The van der Waals surface area contributed by atoms with Crippen molar-refractivity contribution in [2.24, 2.45) is 0 Å². The van der Waals surface area contributed by atoms with E-state index in [0.717, 1.165) is 77.0 Å². The van der Waals surface area contributed by atoms with E-state index >= 15 is 0 Å². The van der Waals surface area contributed by atoms with Crippen molar-refractivity contribution in [3.8, 4) is 0 Å². The molecule has 0 radical (unpaired) electrons. The second-order valence-corrected chi connectivity index (χ2v) is 22.2. The highest BCUT2D eigenvalue weighted by atomic mass is 16.6. The van der Waals surface area contributed by atoms with Gasteiger partial charge in [-0.15, -0.1) is 0 Å². The van der Waals surface area contributed by atoms with Crippen LogP contribution >= 0.6 is 0 Å². The van der Waals surface area contributed by atoms with Crippen molar-refractivity contribution in [2.45, 2.75) is 341 Å². The van der Waals surface area contributed by atoms with E-state index in [-0.39, 0.29) is 25.2 Å². The number of aliphatic hydroxyl groups excluding tert-OH is 1. The van der Waals surface area contributed by atoms with Gasteiger partial charge in [0, 0.05) is 12.8 Å². The van der Waals surface area contributed by atoms with Crippen molar-refractivity contribution < 1.29 is 24.2 Å². The van der Waals surface area contributed by atoms with Crippen LogP contribution in [-0.2, 0) is 19.1 Å². The Labute approximate surface area is 473 Å². The maximum Gasteiger partial charge on any atom is 0.306 e. The van der Waals surface area contributed by atoms with E-state index in [1.807, 2.05) is 0 Å². The highest BCUT2D eigenvalue weighted by molar-refractivity contribution is 5.70. The fourth-order valence-corrected chi connectivity index (χ4v) is 9.73. The zero-order chi connectivity index (χ0) is 54.8. The molecule has 1 atom stereocenters. The van der Waals surface area contributed by atoms with Gasteiger partial charge in [-0.3, -0.25) is 9.59 Å². The molecule has 0 saturated heterocycles. The Morgan fingerprint density at radius 2 is 0.566 bits per heavy atom. The summed E-state index contributed by atoms with van der Waals surface area (Å²) in [4.78, 5) is 24.6. The molecule has 0 aromatic heterocycles. The van der Waals surface area contributed by atoms with E-state index in [2.05, 4.69) is 98.9 Å². The Hall–Kier alpha value is -2.92. The fraction of sp³-hybridized carbons (Fsp3) is 0.775. The summed E-state index contributed by atoms with van der Waals surface area (Å²) < 4.78 is 10.8. The first-order valence-corrected chi connectivity index (χ1v) is 33.1. The van der Waals surface area contributed by atoms with Crippen molar-refractivity contribution in [3.05, 3.63) is 85.1 Å². The number of carbonyl (C=O) groups is 2.